The fraction of sp³-hybridized carbons (Fsp3) is 0.625. The third-order valence-electron chi connectivity index (χ3n) is 4.53. The highest BCUT2D eigenvalue weighted by Gasteiger charge is 2.39. The van der Waals surface area contributed by atoms with E-state index in [4.69, 9.17) is 15.2 Å². The van der Waals surface area contributed by atoms with E-state index in [2.05, 4.69) is 15.9 Å². The number of ether oxygens (including phenoxy) is 2. The molecule has 3 nitrogen and oxygen atoms in total. The minimum atomic E-state index is -0.359. The highest BCUT2D eigenvalue weighted by molar-refractivity contribution is 9.10. The first-order valence-corrected chi connectivity index (χ1v) is 8.42. The minimum Gasteiger partial charge on any atom is -0.487 e. The number of nitrogen functional groups attached to an aromatic ring is 1. The highest BCUT2D eigenvalue weighted by Crippen LogP contribution is 2.41. The molecule has 1 aliphatic carbocycles. The molecule has 1 aliphatic heterocycles. The first-order chi connectivity index (χ1) is 10.1. The first-order valence-electron chi connectivity index (χ1n) is 7.63. The van der Waals surface area contributed by atoms with E-state index in [0.717, 1.165) is 32.3 Å². The molecule has 1 heterocycles. The van der Waals surface area contributed by atoms with E-state index in [0.29, 0.717) is 15.9 Å². The van der Waals surface area contributed by atoms with Crippen molar-refractivity contribution in [1.29, 1.82) is 0 Å². The lowest BCUT2D eigenvalue weighted by Crippen LogP contribution is -2.45. The molecule has 1 aromatic rings. The predicted octanol–water partition coefficient (Wildman–Crippen LogP) is 4.43. The summed E-state index contributed by atoms with van der Waals surface area (Å²) in [6, 6.07) is 2.69. The Morgan fingerprint density at radius 3 is 2.76 bits per heavy atom. The lowest BCUT2D eigenvalue weighted by molar-refractivity contribution is -0.129. The molecule has 2 aliphatic rings. The van der Waals surface area contributed by atoms with Crippen LogP contribution in [0.2, 0.25) is 0 Å². The van der Waals surface area contributed by atoms with Gasteiger partial charge in [-0.15, -0.1) is 0 Å². The van der Waals surface area contributed by atoms with Crippen LogP contribution < -0.4 is 10.5 Å². The van der Waals surface area contributed by atoms with Crippen molar-refractivity contribution in [2.75, 3.05) is 12.3 Å². The maximum Gasteiger partial charge on any atom is 0.156 e. The molecule has 3 rings (SSSR count). The number of rotatable bonds is 2. The van der Waals surface area contributed by atoms with E-state index in [-0.39, 0.29) is 17.5 Å². The monoisotopic (exact) mass is 357 g/mol. The van der Waals surface area contributed by atoms with Gasteiger partial charge in [-0.3, -0.25) is 0 Å². The van der Waals surface area contributed by atoms with Crippen molar-refractivity contribution in [3.63, 3.8) is 0 Å². The molecule has 0 amide bonds. The van der Waals surface area contributed by atoms with Crippen LogP contribution in [0.3, 0.4) is 0 Å². The van der Waals surface area contributed by atoms with Crippen LogP contribution in [-0.2, 0) is 4.74 Å². The number of benzene rings is 1. The minimum absolute atomic E-state index is 0.0115. The topological polar surface area (TPSA) is 44.5 Å². The number of anilines is 1. The zero-order valence-electron chi connectivity index (χ0n) is 12.0. The molecule has 1 saturated carbocycles. The summed E-state index contributed by atoms with van der Waals surface area (Å²) in [7, 11) is 0. The standard InChI is InChI=1S/C16H21BrFNO2/c17-13-8-11(18)9-14(19)15(13)21-12-4-7-20-16(10-12)5-2-1-3-6-16/h8-9,12H,1-7,10,19H2. The van der Waals surface area contributed by atoms with Gasteiger partial charge in [0.1, 0.15) is 11.9 Å². The zero-order chi connectivity index (χ0) is 14.9. The predicted molar refractivity (Wildman–Crippen MR) is 83.9 cm³/mol. The average molecular weight is 358 g/mol. The lowest BCUT2D eigenvalue weighted by Gasteiger charge is -2.43. The third-order valence-corrected chi connectivity index (χ3v) is 5.12. The molecule has 116 valence electrons. The summed E-state index contributed by atoms with van der Waals surface area (Å²) < 4.78 is 26.0. The number of nitrogens with two attached hydrogens (primary N) is 1. The molecular weight excluding hydrogens is 337 g/mol. The maximum absolute atomic E-state index is 13.3. The Kier molecular flexibility index (Phi) is 4.41. The van der Waals surface area contributed by atoms with Gasteiger partial charge in [0.25, 0.3) is 0 Å². The first kappa shape index (κ1) is 15.1. The van der Waals surface area contributed by atoms with Crippen molar-refractivity contribution < 1.29 is 13.9 Å². The van der Waals surface area contributed by atoms with Crippen LogP contribution in [0.1, 0.15) is 44.9 Å². The smallest absolute Gasteiger partial charge is 0.156 e. The summed E-state index contributed by atoms with van der Waals surface area (Å²) in [6.45, 7) is 0.726. The van der Waals surface area contributed by atoms with Gasteiger partial charge in [-0.05, 0) is 34.8 Å². The van der Waals surface area contributed by atoms with Crippen molar-refractivity contribution in [2.45, 2.75) is 56.7 Å². The molecule has 2 fully saturated rings. The third kappa shape index (κ3) is 3.34. The van der Waals surface area contributed by atoms with Crippen molar-refractivity contribution in [2.24, 2.45) is 0 Å². The van der Waals surface area contributed by atoms with Gasteiger partial charge in [-0.2, -0.15) is 0 Å². The molecule has 0 bridgehead atoms. The van der Waals surface area contributed by atoms with E-state index >= 15 is 0 Å². The van der Waals surface area contributed by atoms with Gasteiger partial charge in [0, 0.05) is 18.9 Å². The molecule has 2 N–H and O–H groups in total. The van der Waals surface area contributed by atoms with Crippen molar-refractivity contribution in [1.82, 2.24) is 0 Å². The summed E-state index contributed by atoms with van der Waals surface area (Å²) in [6.07, 6.45) is 7.83. The molecule has 1 spiro atoms. The van der Waals surface area contributed by atoms with Gasteiger partial charge in [-0.1, -0.05) is 19.3 Å². The summed E-state index contributed by atoms with van der Waals surface area (Å²) >= 11 is 3.34. The van der Waals surface area contributed by atoms with Crippen molar-refractivity contribution in [3.8, 4) is 5.75 Å². The van der Waals surface area contributed by atoms with Gasteiger partial charge < -0.3 is 15.2 Å². The average Bonchev–Trinajstić information content (AvgIpc) is 2.44. The Balaban J connectivity index is 1.73. The fourth-order valence-corrected chi connectivity index (χ4v) is 4.04. The van der Waals surface area contributed by atoms with Crippen LogP contribution in [0.25, 0.3) is 0 Å². The van der Waals surface area contributed by atoms with Crippen LogP contribution in [-0.4, -0.2) is 18.3 Å². The van der Waals surface area contributed by atoms with Crippen LogP contribution >= 0.6 is 15.9 Å². The second-order valence-electron chi connectivity index (χ2n) is 6.13. The normalized spacial score (nSPS) is 25.0. The van der Waals surface area contributed by atoms with Crippen LogP contribution in [0.4, 0.5) is 10.1 Å². The molecule has 5 heteroatoms. The maximum atomic E-state index is 13.3. The Morgan fingerprint density at radius 2 is 2.05 bits per heavy atom. The quantitative estimate of drug-likeness (QED) is 0.796. The largest absolute Gasteiger partial charge is 0.487 e. The molecule has 1 aromatic carbocycles. The number of hydrogen-bond acceptors (Lipinski definition) is 3. The molecule has 1 saturated heterocycles. The van der Waals surface area contributed by atoms with Gasteiger partial charge >= 0.3 is 0 Å². The Morgan fingerprint density at radius 1 is 1.29 bits per heavy atom. The molecule has 0 aromatic heterocycles. The Bertz CT molecular complexity index is 488. The van der Waals surface area contributed by atoms with Crippen molar-refractivity contribution >= 4 is 21.6 Å². The van der Waals surface area contributed by atoms with E-state index in [1.807, 2.05) is 0 Å². The molecule has 1 atom stereocenters. The summed E-state index contributed by atoms with van der Waals surface area (Å²) in [5.74, 6) is 0.191. The summed E-state index contributed by atoms with van der Waals surface area (Å²) in [4.78, 5) is 0. The summed E-state index contributed by atoms with van der Waals surface area (Å²) in [5, 5.41) is 0. The second-order valence-corrected chi connectivity index (χ2v) is 6.99. The number of halogens is 2. The molecule has 21 heavy (non-hydrogen) atoms. The van der Waals surface area contributed by atoms with Crippen molar-refractivity contribution in [3.05, 3.63) is 22.4 Å². The van der Waals surface area contributed by atoms with E-state index < -0.39 is 0 Å². The van der Waals surface area contributed by atoms with Gasteiger partial charge in [-0.25, -0.2) is 4.39 Å². The Labute approximate surface area is 133 Å². The number of hydrogen-bond donors (Lipinski definition) is 1. The second kappa shape index (κ2) is 6.13. The van der Waals surface area contributed by atoms with Gasteiger partial charge in [0.2, 0.25) is 0 Å². The molecule has 0 radical (unpaired) electrons. The van der Waals surface area contributed by atoms with Gasteiger partial charge in [0.15, 0.2) is 5.75 Å². The van der Waals surface area contributed by atoms with Crippen LogP contribution in [0, 0.1) is 5.82 Å². The highest BCUT2D eigenvalue weighted by atomic mass is 79.9. The SMILES string of the molecule is Nc1cc(F)cc(Br)c1OC1CCOC2(CCCCC2)C1. The molecular formula is C16H21BrFNO2. The molecule has 1 unspecified atom stereocenters. The van der Waals surface area contributed by atoms with Gasteiger partial charge in [0.05, 0.1) is 22.4 Å². The van der Waals surface area contributed by atoms with E-state index in [1.165, 1.54) is 31.4 Å². The Hall–Kier alpha value is -0.810. The van der Waals surface area contributed by atoms with Crippen LogP contribution in [0.5, 0.6) is 5.75 Å². The van der Waals surface area contributed by atoms with Crippen LogP contribution in [0.15, 0.2) is 16.6 Å². The van der Waals surface area contributed by atoms with E-state index in [9.17, 15) is 4.39 Å². The lowest BCUT2D eigenvalue weighted by atomic mass is 9.79. The summed E-state index contributed by atoms with van der Waals surface area (Å²) in [5.41, 5.74) is 6.21. The van der Waals surface area contributed by atoms with E-state index in [1.54, 1.807) is 0 Å². The fourth-order valence-electron chi connectivity index (χ4n) is 3.50. The zero-order valence-corrected chi connectivity index (χ0v) is 13.6.